The van der Waals surface area contributed by atoms with Crippen LogP contribution in [0.3, 0.4) is 0 Å². The van der Waals surface area contributed by atoms with E-state index in [1.165, 1.54) is 24.4 Å². The van der Waals surface area contributed by atoms with Crippen LogP contribution >= 0.6 is 0 Å². The highest BCUT2D eigenvalue weighted by Gasteiger charge is 2.29. The van der Waals surface area contributed by atoms with Crippen molar-refractivity contribution in [3.8, 4) is 0 Å². The van der Waals surface area contributed by atoms with Gasteiger partial charge >= 0.3 is 0 Å². The van der Waals surface area contributed by atoms with Crippen molar-refractivity contribution in [2.75, 3.05) is 18.0 Å². The maximum absolute atomic E-state index is 12.7. The molecule has 1 N–H and O–H groups in total. The monoisotopic (exact) mass is 469 g/mol. The van der Waals surface area contributed by atoms with Crippen LogP contribution < -0.4 is 9.62 Å². The molecular weight excluding hydrogens is 446 g/mol. The van der Waals surface area contributed by atoms with E-state index in [4.69, 9.17) is 0 Å². The second-order valence-corrected chi connectivity index (χ2v) is 9.56. The Balaban J connectivity index is 1.48. The molecular formula is C22H23N5O5S. The quantitative estimate of drug-likeness (QED) is 0.320. The fourth-order valence-corrected chi connectivity index (χ4v) is 5.24. The number of imidazole rings is 1. The van der Waals surface area contributed by atoms with E-state index in [1.807, 2.05) is 4.90 Å². The van der Waals surface area contributed by atoms with Gasteiger partial charge in [-0.05, 0) is 37.1 Å². The van der Waals surface area contributed by atoms with Gasteiger partial charge in [0, 0.05) is 50.2 Å². The van der Waals surface area contributed by atoms with Crippen LogP contribution in [0.25, 0.3) is 0 Å². The van der Waals surface area contributed by atoms with Crippen molar-refractivity contribution in [3.63, 3.8) is 0 Å². The van der Waals surface area contributed by atoms with Crippen LogP contribution in [-0.4, -0.2) is 47.8 Å². The number of nitro groups is 1. The van der Waals surface area contributed by atoms with Gasteiger partial charge in [-0.25, -0.2) is 18.1 Å². The predicted octanol–water partition coefficient (Wildman–Crippen LogP) is 2.51. The summed E-state index contributed by atoms with van der Waals surface area (Å²) < 4.78 is 29.4. The highest BCUT2D eigenvalue weighted by Crippen LogP contribution is 2.32. The van der Waals surface area contributed by atoms with Crippen LogP contribution in [0.2, 0.25) is 0 Å². The normalized spacial score (nSPS) is 14.9. The zero-order chi connectivity index (χ0) is 23.6. The van der Waals surface area contributed by atoms with Gasteiger partial charge in [-0.2, -0.15) is 0 Å². The summed E-state index contributed by atoms with van der Waals surface area (Å²) in [5, 5.41) is 11.8. The number of carbonyl (C=O) groups is 1. The summed E-state index contributed by atoms with van der Waals surface area (Å²) in [6.45, 7) is 0.880. The molecule has 172 valence electrons. The summed E-state index contributed by atoms with van der Waals surface area (Å²) >= 11 is 0. The highest BCUT2D eigenvalue weighted by molar-refractivity contribution is 7.89. The lowest BCUT2D eigenvalue weighted by atomic mass is 10.0. The van der Waals surface area contributed by atoms with E-state index in [0.717, 1.165) is 0 Å². The second-order valence-electron chi connectivity index (χ2n) is 7.85. The molecule has 2 heterocycles. The number of benzene rings is 2. The van der Waals surface area contributed by atoms with Crippen LogP contribution in [-0.2, 0) is 17.1 Å². The summed E-state index contributed by atoms with van der Waals surface area (Å²) in [5.74, 6) is -0.199. The third kappa shape index (κ3) is 4.78. The molecule has 10 nitrogen and oxygen atoms in total. The Morgan fingerprint density at radius 3 is 2.45 bits per heavy atom. The Hall–Kier alpha value is -3.57. The molecule has 0 amide bonds. The Morgan fingerprint density at radius 1 is 1.15 bits per heavy atom. The molecule has 0 saturated carbocycles. The van der Waals surface area contributed by atoms with Gasteiger partial charge in [0.2, 0.25) is 15.8 Å². The first-order chi connectivity index (χ1) is 15.8. The van der Waals surface area contributed by atoms with E-state index < -0.39 is 20.7 Å². The molecule has 1 aliphatic rings. The number of rotatable bonds is 7. The SMILES string of the molecule is Cn1ccnc1C(=O)c1ccc(N2CCC(NS(=O)(=O)c3ccccc3)CC2)c([N+](=O)[O-])c1. The van der Waals surface area contributed by atoms with Crippen molar-refractivity contribution in [3.05, 3.63) is 82.4 Å². The minimum absolute atomic E-state index is 0.168. The third-order valence-corrected chi connectivity index (χ3v) is 7.21. The van der Waals surface area contributed by atoms with Crippen molar-refractivity contribution < 1.29 is 18.1 Å². The first kappa shape index (κ1) is 22.6. The Kier molecular flexibility index (Phi) is 6.25. The number of hydrogen-bond donors (Lipinski definition) is 1. The number of nitrogens with zero attached hydrogens (tertiary/aromatic N) is 4. The molecule has 11 heteroatoms. The number of sulfonamides is 1. The summed E-state index contributed by atoms with van der Waals surface area (Å²) in [4.78, 5) is 30.0. The summed E-state index contributed by atoms with van der Waals surface area (Å²) in [6, 6.07) is 12.3. The maximum atomic E-state index is 12.7. The molecule has 0 radical (unpaired) electrons. The van der Waals surface area contributed by atoms with Gasteiger partial charge in [0.25, 0.3) is 5.69 Å². The summed E-state index contributed by atoms with van der Waals surface area (Å²) in [7, 11) is -1.95. The van der Waals surface area contributed by atoms with E-state index in [2.05, 4.69) is 9.71 Å². The fraction of sp³-hybridized carbons (Fsp3) is 0.273. The average molecular weight is 470 g/mol. The van der Waals surface area contributed by atoms with Crippen LogP contribution in [0.5, 0.6) is 0 Å². The first-order valence-electron chi connectivity index (χ1n) is 10.4. The lowest BCUT2D eigenvalue weighted by Crippen LogP contribution is -2.44. The van der Waals surface area contributed by atoms with Crippen molar-refractivity contribution >= 4 is 27.2 Å². The number of aryl methyl sites for hydroxylation is 1. The lowest BCUT2D eigenvalue weighted by Gasteiger charge is -2.33. The minimum atomic E-state index is -3.63. The number of piperidine rings is 1. The van der Waals surface area contributed by atoms with Crippen LogP contribution in [0.1, 0.15) is 29.0 Å². The van der Waals surface area contributed by atoms with E-state index in [9.17, 15) is 23.3 Å². The molecule has 2 aromatic carbocycles. The molecule has 1 fully saturated rings. The topological polar surface area (TPSA) is 127 Å². The number of nitro benzene ring substituents is 1. The van der Waals surface area contributed by atoms with Gasteiger partial charge in [-0.3, -0.25) is 14.9 Å². The smallest absolute Gasteiger partial charge is 0.293 e. The summed E-state index contributed by atoms with van der Waals surface area (Å²) in [6.07, 6.45) is 4.12. The largest absolute Gasteiger partial charge is 0.366 e. The number of hydrogen-bond acceptors (Lipinski definition) is 7. The zero-order valence-corrected chi connectivity index (χ0v) is 18.7. The van der Waals surface area contributed by atoms with Gasteiger partial charge in [0.15, 0.2) is 5.82 Å². The molecule has 1 saturated heterocycles. The summed E-state index contributed by atoms with van der Waals surface area (Å²) in [5.41, 5.74) is 0.421. The Bertz CT molecular complexity index is 1280. The molecule has 0 spiro atoms. The average Bonchev–Trinajstić information content (AvgIpc) is 3.25. The van der Waals surface area contributed by atoms with Crippen molar-refractivity contribution in [1.82, 2.24) is 14.3 Å². The van der Waals surface area contributed by atoms with Gasteiger partial charge in [-0.1, -0.05) is 18.2 Å². The zero-order valence-electron chi connectivity index (χ0n) is 17.9. The molecule has 0 bridgehead atoms. The molecule has 1 aromatic heterocycles. The Labute approximate surface area is 191 Å². The van der Waals surface area contributed by atoms with Crippen molar-refractivity contribution in [2.45, 2.75) is 23.8 Å². The van der Waals surface area contributed by atoms with E-state index >= 15 is 0 Å². The van der Waals surface area contributed by atoms with Crippen LogP contribution in [0.4, 0.5) is 11.4 Å². The predicted molar refractivity (Wildman–Crippen MR) is 122 cm³/mol. The van der Waals surface area contributed by atoms with E-state index in [0.29, 0.717) is 31.6 Å². The second kappa shape index (κ2) is 9.12. The van der Waals surface area contributed by atoms with E-state index in [1.54, 1.807) is 48.1 Å². The minimum Gasteiger partial charge on any atom is -0.366 e. The number of aromatic nitrogens is 2. The first-order valence-corrected chi connectivity index (χ1v) is 11.9. The van der Waals surface area contributed by atoms with Gasteiger partial charge in [-0.15, -0.1) is 0 Å². The van der Waals surface area contributed by atoms with E-state index in [-0.39, 0.29) is 28.0 Å². The standard InChI is InChI=1S/C22H23N5O5S/c1-25-14-11-23-22(25)21(28)16-7-8-19(20(15-16)27(29)30)26-12-9-17(10-13-26)24-33(31,32)18-5-3-2-4-6-18/h2-8,11,14-15,17,24H,9-10,12-13H2,1H3. The van der Waals surface area contributed by atoms with Gasteiger partial charge in [0.1, 0.15) is 5.69 Å². The Morgan fingerprint density at radius 2 is 1.85 bits per heavy atom. The molecule has 3 aromatic rings. The van der Waals surface area contributed by atoms with Crippen molar-refractivity contribution in [1.29, 1.82) is 0 Å². The molecule has 33 heavy (non-hydrogen) atoms. The van der Waals surface area contributed by atoms with Gasteiger partial charge in [0.05, 0.1) is 9.82 Å². The van der Waals surface area contributed by atoms with Crippen LogP contribution in [0.15, 0.2) is 65.8 Å². The molecule has 0 unspecified atom stereocenters. The number of nitrogens with one attached hydrogen (secondary N) is 1. The maximum Gasteiger partial charge on any atom is 0.293 e. The lowest BCUT2D eigenvalue weighted by molar-refractivity contribution is -0.384. The fourth-order valence-electron chi connectivity index (χ4n) is 3.92. The number of carbonyl (C=O) groups excluding carboxylic acids is 1. The third-order valence-electron chi connectivity index (χ3n) is 5.67. The molecule has 1 aliphatic heterocycles. The molecule has 0 aliphatic carbocycles. The van der Waals surface area contributed by atoms with Crippen LogP contribution in [0, 0.1) is 10.1 Å². The number of ketones is 1. The highest BCUT2D eigenvalue weighted by atomic mass is 32.2. The molecule has 4 rings (SSSR count). The molecule has 0 atom stereocenters. The van der Waals surface area contributed by atoms with Crippen molar-refractivity contribution in [2.24, 2.45) is 7.05 Å². The number of anilines is 1. The van der Waals surface area contributed by atoms with Gasteiger partial charge < -0.3 is 9.47 Å².